The molecule has 0 radical (unpaired) electrons. The van der Waals surface area contributed by atoms with E-state index in [2.05, 4.69) is 4.74 Å². The zero-order chi connectivity index (χ0) is 30.1. The molecule has 2 aliphatic rings. The van der Waals surface area contributed by atoms with Crippen LogP contribution in [0.3, 0.4) is 0 Å². The zero-order valence-electron chi connectivity index (χ0n) is 21.5. The van der Waals surface area contributed by atoms with Crippen molar-refractivity contribution >= 4 is 46.5 Å². The average molecular weight is 625 g/mol. The molecular formula is C28H21Cl2F3N2O7. The largest absolute Gasteiger partial charge is 0.619 e. The maximum atomic E-state index is 14.5. The van der Waals surface area contributed by atoms with E-state index in [9.17, 15) is 32.8 Å². The van der Waals surface area contributed by atoms with Crippen LogP contribution in [0.2, 0.25) is 10.0 Å². The number of Topliss-reactive ketones (excluding diaryl/α,β-unsaturated/α-hetero) is 1. The number of hydrogen-bond acceptors (Lipinski definition) is 7. The van der Waals surface area contributed by atoms with Crippen LogP contribution in [0.1, 0.15) is 40.4 Å². The van der Waals surface area contributed by atoms with E-state index in [0.29, 0.717) is 9.63 Å². The SMILES string of the molecule is O=C(CN1C(=O)C(=O)c2cccc(F)c21)OC(Cc1c(Cl)c[n+]([O-])cc1Cl)c1ccc(OC(F)F)c(OCC2CC2)c1. The molecule has 1 unspecified atom stereocenters. The maximum absolute atomic E-state index is 14.5. The van der Waals surface area contributed by atoms with Crippen LogP contribution in [0.25, 0.3) is 0 Å². The summed E-state index contributed by atoms with van der Waals surface area (Å²) >= 11 is 12.5. The van der Waals surface area contributed by atoms with Crippen molar-refractivity contribution in [1.82, 2.24) is 0 Å². The first-order chi connectivity index (χ1) is 20.0. The van der Waals surface area contributed by atoms with Gasteiger partial charge in [0.15, 0.2) is 23.9 Å². The number of para-hydroxylation sites is 1. The fraction of sp³-hybridized carbons (Fsp3) is 0.286. The van der Waals surface area contributed by atoms with E-state index in [1.165, 1.54) is 30.3 Å². The van der Waals surface area contributed by atoms with Gasteiger partial charge in [-0.2, -0.15) is 13.5 Å². The maximum Gasteiger partial charge on any atom is 0.387 e. The Hall–Kier alpha value is -4.03. The van der Waals surface area contributed by atoms with Crippen LogP contribution < -0.4 is 19.1 Å². The lowest BCUT2D eigenvalue weighted by Crippen LogP contribution is -2.36. The number of ether oxygens (including phenoxy) is 3. The van der Waals surface area contributed by atoms with E-state index in [0.717, 1.165) is 31.3 Å². The number of ketones is 1. The number of hydrogen-bond donors (Lipinski definition) is 0. The molecule has 2 heterocycles. The van der Waals surface area contributed by atoms with E-state index >= 15 is 0 Å². The third kappa shape index (κ3) is 6.39. The van der Waals surface area contributed by atoms with Crippen molar-refractivity contribution in [1.29, 1.82) is 0 Å². The number of anilines is 1. The second-order valence-electron chi connectivity index (χ2n) is 9.67. The number of nitrogens with zero attached hydrogens (tertiary/aromatic N) is 2. The molecule has 1 saturated carbocycles. The molecule has 9 nitrogen and oxygen atoms in total. The Morgan fingerprint density at radius 3 is 2.48 bits per heavy atom. The Balaban J connectivity index is 1.46. The standard InChI is InChI=1S/C28H21Cl2F3N2O7/c29-18-10-34(39)11-19(30)17(18)9-22(15-6-7-21(42-28(32)33)23(8-15)40-13-14-4-5-14)41-24(36)12-35-25-16(26(37)27(35)38)2-1-3-20(25)31/h1-3,6-8,10-11,14,22,28H,4-5,9,12-13H2. The van der Waals surface area contributed by atoms with Gasteiger partial charge in [-0.05, 0) is 48.6 Å². The van der Waals surface area contributed by atoms with Gasteiger partial charge < -0.3 is 19.4 Å². The minimum absolute atomic E-state index is 0.0280. The first-order valence-electron chi connectivity index (χ1n) is 12.6. The Kier molecular flexibility index (Phi) is 8.46. The zero-order valence-corrected chi connectivity index (χ0v) is 23.0. The van der Waals surface area contributed by atoms with Crippen LogP contribution in [0.4, 0.5) is 18.9 Å². The number of pyridine rings is 1. The van der Waals surface area contributed by atoms with E-state index in [1.807, 2.05) is 0 Å². The fourth-order valence-electron chi connectivity index (χ4n) is 4.45. The molecule has 1 aromatic heterocycles. The van der Waals surface area contributed by atoms with Crippen molar-refractivity contribution in [3.8, 4) is 11.5 Å². The number of carbonyl (C=O) groups excluding carboxylic acids is 3. The normalized spacial score (nSPS) is 15.1. The number of alkyl halides is 2. The summed E-state index contributed by atoms with van der Waals surface area (Å²) in [5, 5.41) is 11.7. The van der Waals surface area contributed by atoms with Gasteiger partial charge in [-0.25, -0.2) is 4.39 Å². The van der Waals surface area contributed by atoms with Crippen molar-refractivity contribution in [2.45, 2.75) is 32.0 Å². The van der Waals surface area contributed by atoms with Gasteiger partial charge in [-0.1, -0.05) is 35.3 Å². The lowest BCUT2D eigenvalue weighted by atomic mass is 10.0. The molecule has 1 amide bonds. The number of carbonyl (C=O) groups is 3. The number of aromatic nitrogens is 1. The molecule has 0 saturated heterocycles. The Morgan fingerprint density at radius 1 is 1.10 bits per heavy atom. The Morgan fingerprint density at radius 2 is 1.81 bits per heavy atom. The fourth-order valence-corrected chi connectivity index (χ4v) is 5.05. The van der Waals surface area contributed by atoms with Crippen molar-refractivity contribution in [3.05, 3.63) is 86.6 Å². The first-order valence-corrected chi connectivity index (χ1v) is 13.4. The molecular weight excluding hydrogens is 604 g/mol. The molecule has 5 rings (SSSR count). The molecule has 0 spiro atoms. The Bertz CT molecular complexity index is 1550. The van der Waals surface area contributed by atoms with Gasteiger partial charge in [0.1, 0.15) is 28.5 Å². The molecule has 1 atom stereocenters. The molecule has 1 aliphatic carbocycles. The van der Waals surface area contributed by atoms with Gasteiger partial charge in [0.05, 0.1) is 17.9 Å². The molecule has 3 aromatic rings. The highest BCUT2D eigenvalue weighted by atomic mass is 35.5. The van der Waals surface area contributed by atoms with Gasteiger partial charge in [-0.15, -0.1) is 0 Å². The Labute approximate surface area is 246 Å². The number of esters is 1. The predicted octanol–water partition coefficient (Wildman–Crippen LogP) is 5.21. The number of halogens is 5. The van der Waals surface area contributed by atoms with Gasteiger partial charge in [0.25, 0.3) is 11.7 Å². The average Bonchev–Trinajstić information content (AvgIpc) is 3.72. The van der Waals surface area contributed by atoms with Crippen molar-refractivity contribution in [3.63, 3.8) is 0 Å². The van der Waals surface area contributed by atoms with Crippen LogP contribution in [-0.2, 0) is 20.7 Å². The lowest BCUT2D eigenvalue weighted by Gasteiger charge is -2.23. The van der Waals surface area contributed by atoms with Gasteiger partial charge in [0.2, 0.25) is 0 Å². The highest BCUT2D eigenvalue weighted by Crippen LogP contribution is 2.38. The van der Waals surface area contributed by atoms with Crippen molar-refractivity contribution < 1.29 is 46.5 Å². The van der Waals surface area contributed by atoms with Crippen LogP contribution >= 0.6 is 23.2 Å². The highest BCUT2D eigenvalue weighted by molar-refractivity contribution is 6.52. The van der Waals surface area contributed by atoms with E-state index < -0.39 is 42.7 Å². The molecule has 14 heteroatoms. The second kappa shape index (κ2) is 12.1. The topological polar surface area (TPSA) is 109 Å². The molecule has 1 fully saturated rings. The number of amides is 1. The minimum Gasteiger partial charge on any atom is -0.619 e. The molecule has 220 valence electrons. The third-order valence-electron chi connectivity index (χ3n) is 6.68. The van der Waals surface area contributed by atoms with E-state index in [4.69, 9.17) is 32.7 Å². The summed E-state index contributed by atoms with van der Waals surface area (Å²) in [5.74, 6) is -4.00. The third-order valence-corrected chi connectivity index (χ3v) is 7.33. The summed E-state index contributed by atoms with van der Waals surface area (Å²) in [4.78, 5) is 38.8. The van der Waals surface area contributed by atoms with Crippen LogP contribution in [0.15, 0.2) is 48.8 Å². The molecule has 42 heavy (non-hydrogen) atoms. The monoisotopic (exact) mass is 624 g/mol. The summed E-state index contributed by atoms with van der Waals surface area (Å²) in [7, 11) is 0. The summed E-state index contributed by atoms with van der Waals surface area (Å²) in [6, 6.07) is 7.51. The van der Waals surface area contributed by atoms with Crippen LogP contribution in [0, 0.1) is 16.9 Å². The molecule has 0 N–H and O–H groups in total. The molecule has 2 aromatic carbocycles. The molecule has 0 bridgehead atoms. The number of fused-ring (bicyclic) bond motifs is 1. The number of benzene rings is 2. The first kappa shape index (κ1) is 29.5. The van der Waals surface area contributed by atoms with Gasteiger partial charge in [-0.3, -0.25) is 19.3 Å². The quantitative estimate of drug-likeness (QED) is 0.125. The van der Waals surface area contributed by atoms with E-state index in [1.54, 1.807) is 0 Å². The van der Waals surface area contributed by atoms with E-state index in [-0.39, 0.29) is 62.9 Å². The van der Waals surface area contributed by atoms with Gasteiger partial charge in [0, 0.05) is 12.0 Å². The van der Waals surface area contributed by atoms with Crippen molar-refractivity contribution in [2.24, 2.45) is 5.92 Å². The smallest absolute Gasteiger partial charge is 0.387 e. The second-order valence-corrected chi connectivity index (χ2v) is 10.5. The minimum atomic E-state index is -3.13. The predicted molar refractivity (Wildman–Crippen MR) is 142 cm³/mol. The van der Waals surface area contributed by atoms with Crippen LogP contribution in [0.5, 0.6) is 11.5 Å². The summed E-state index contributed by atoms with van der Waals surface area (Å²) in [6.45, 7) is -3.69. The molecule has 1 aliphatic heterocycles. The van der Waals surface area contributed by atoms with Crippen molar-refractivity contribution in [2.75, 3.05) is 18.1 Å². The van der Waals surface area contributed by atoms with Crippen LogP contribution in [-0.4, -0.2) is 37.4 Å². The summed E-state index contributed by atoms with van der Waals surface area (Å²) < 4.78 is 57.0. The highest BCUT2D eigenvalue weighted by Gasteiger charge is 2.39. The summed E-state index contributed by atoms with van der Waals surface area (Å²) in [5.41, 5.74) is -0.0674. The summed E-state index contributed by atoms with van der Waals surface area (Å²) in [6.07, 6.45) is 2.53. The number of rotatable bonds is 11. The lowest BCUT2D eigenvalue weighted by molar-refractivity contribution is -0.605. The van der Waals surface area contributed by atoms with Gasteiger partial charge >= 0.3 is 12.6 Å².